The number of anilines is 1. The van der Waals surface area contributed by atoms with Crippen LogP contribution < -0.4 is 5.32 Å². The highest BCUT2D eigenvalue weighted by molar-refractivity contribution is 7.16. The summed E-state index contributed by atoms with van der Waals surface area (Å²) in [4.78, 5) is 16.7. The van der Waals surface area contributed by atoms with Crippen molar-refractivity contribution in [1.29, 1.82) is 0 Å². The Morgan fingerprint density at radius 3 is 2.19 bits per heavy atom. The monoisotopic (exact) mass is 434 g/mol. The number of ether oxygens (including phenoxy) is 1. The van der Waals surface area contributed by atoms with Gasteiger partial charge < -0.3 is 10.1 Å². The van der Waals surface area contributed by atoms with Gasteiger partial charge in [0.05, 0.1) is 18.2 Å². The highest BCUT2D eigenvalue weighted by Crippen LogP contribution is 2.43. The van der Waals surface area contributed by atoms with Crippen LogP contribution in [-0.2, 0) is 4.74 Å². The molecule has 1 amide bonds. The van der Waals surface area contributed by atoms with Crippen LogP contribution in [0.5, 0.6) is 0 Å². The summed E-state index contributed by atoms with van der Waals surface area (Å²) in [6.45, 7) is 10.3. The highest BCUT2D eigenvalue weighted by Gasteiger charge is 2.33. The van der Waals surface area contributed by atoms with E-state index in [9.17, 15) is 4.79 Å². The molecule has 1 saturated heterocycles. The van der Waals surface area contributed by atoms with Crippen molar-refractivity contribution in [2.75, 3.05) is 18.4 Å². The third kappa shape index (κ3) is 4.74. The summed E-state index contributed by atoms with van der Waals surface area (Å²) >= 11 is 1.66. The predicted molar refractivity (Wildman–Crippen MR) is 128 cm³/mol. The van der Waals surface area contributed by atoms with Gasteiger partial charge in [-0.05, 0) is 51.0 Å². The van der Waals surface area contributed by atoms with Crippen LogP contribution in [0.1, 0.15) is 51.8 Å². The van der Waals surface area contributed by atoms with Crippen molar-refractivity contribution in [1.82, 2.24) is 4.90 Å². The van der Waals surface area contributed by atoms with E-state index in [0.29, 0.717) is 5.56 Å². The van der Waals surface area contributed by atoms with Gasteiger partial charge in [0, 0.05) is 29.1 Å². The molecular formula is C26H30N2O2S. The lowest BCUT2D eigenvalue weighted by molar-refractivity contribution is -0.0765. The molecule has 2 heterocycles. The first-order valence-electron chi connectivity index (χ1n) is 10.8. The van der Waals surface area contributed by atoms with Crippen LogP contribution in [0.25, 0.3) is 0 Å². The number of hydrogen-bond acceptors (Lipinski definition) is 4. The number of benzene rings is 2. The fraction of sp³-hybridized carbons (Fsp3) is 0.346. The van der Waals surface area contributed by atoms with E-state index in [-0.39, 0.29) is 24.2 Å². The number of nitrogens with zero attached hydrogens (tertiary/aromatic N) is 1. The number of nitrogens with one attached hydrogen (secondary N) is 1. The van der Waals surface area contributed by atoms with E-state index >= 15 is 0 Å². The number of carbonyl (C=O) groups excluding carboxylic acids is 1. The Bertz CT molecular complexity index is 1020. The molecular weight excluding hydrogens is 404 g/mol. The van der Waals surface area contributed by atoms with E-state index in [2.05, 4.69) is 68.2 Å². The number of thiophene rings is 1. The Morgan fingerprint density at radius 2 is 1.58 bits per heavy atom. The maximum atomic E-state index is 13.0. The van der Waals surface area contributed by atoms with Gasteiger partial charge in [0.1, 0.15) is 5.00 Å². The lowest BCUT2D eigenvalue weighted by atomic mass is 9.93. The molecule has 1 N–H and O–H groups in total. The van der Waals surface area contributed by atoms with E-state index < -0.39 is 0 Å². The molecule has 4 rings (SSSR count). The van der Waals surface area contributed by atoms with E-state index in [1.54, 1.807) is 11.3 Å². The Labute approximate surface area is 188 Å². The van der Waals surface area contributed by atoms with Crippen molar-refractivity contribution >= 4 is 22.2 Å². The van der Waals surface area contributed by atoms with Gasteiger partial charge in [-0.15, -0.1) is 11.3 Å². The number of aryl methyl sites for hydroxylation is 1. The highest BCUT2D eigenvalue weighted by atomic mass is 32.1. The first-order valence-corrected chi connectivity index (χ1v) is 11.7. The third-order valence-corrected chi connectivity index (χ3v) is 7.04. The number of rotatable bonds is 5. The molecule has 2 aromatic carbocycles. The van der Waals surface area contributed by atoms with Crippen LogP contribution in [0.15, 0.2) is 60.7 Å². The number of morpholine rings is 1. The second-order valence-electron chi connectivity index (χ2n) is 8.37. The molecule has 1 aromatic heterocycles. The van der Waals surface area contributed by atoms with E-state index in [0.717, 1.165) is 18.1 Å². The van der Waals surface area contributed by atoms with Gasteiger partial charge in [-0.1, -0.05) is 48.5 Å². The summed E-state index contributed by atoms with van der Waals surface area (Å²) in [5, 5.41) is 4.16. The first-order chi connectivity index (χ1) is 14.9. The van der Waals surface area contributed by atoms with Crippen molar-refractivity contribution in [2.24, 2.45) is 0 Å². The van der Waals surface area contributed by atoms with Gasteiger partial charge in [-0.2, -0.15) is 0 Å². The fourth-order valence-corrected chi connectivity index (χ4v) is 5.54. The van der Waals surface area contributed by atoms with Crippen molar-refractivity contribution < 1.29 is 9.53 Å². The SMILES string of the molecule is Cc1sc(NC(=O)c2ccccc2)c([C@@H](c2ccccc2)N2C[C@@H](C)O[C@H](C)C2)c1C. The standard InChI is InChI=1S/C26H30N2O2S/c1-17-15-28(16-18(2)30-17)24(21-11-7-5-8-12-21)23-19(3)20(4)31-26(23)27-25(29)22-13-9-6-10-14-22/h5-14,17-18,24H,15-16H2,1-4H3,(H,27,29)/t17-,18-,24-/m1/s1. The Hall–Kier alpha value is -2.47. The predicted octanol–water partition coefficient (Wildman–Crippen LogP) is 5.82. The van der Waals surface area contributed by atoms with Crippen molar-refractivity contribution in [3.8, 4) is 0 Å². The molecule has 0 radical (unpaired) electrons. The molecule has 1 aliphatic rings. The molecule has 162 valence electrons. The van der Waals surface area contributed by atoms with Gasteiger partial charge in [0.15, 0.2) is 0 Å². The molecule has 5 heteroatoms. The second-order valence-corrected chi connectivity index (χ2v) is 9.60. The van der Waals surface area contributed by atoms with Crippen molar-refractivity contribution in [2.45, 2.75) is 45.9 Å². The van der Waals surface area contributed by atoms with Gasteiger partial charge >= 0.3 is 0 Å². The zero-order chi connectivity index (χ0) is 22.0. The molecule has 0 bridgehead atoms. The summed E-state index contributed by atoms with van der Waals surface area (Å²) in [5.74, 6) is -0.0707. The smallest absolute Gasteiger partial charge is 0.256 e. The lowest BCUT2D eigenvalue weighted by Crippen LogP contribution is -2.47. The Balaban J connectivity index is 1.77. The minimum absolute atomic E-state index is 0.0611. The summed E-state index contributed by atoms with van der Waals surface area (Å²) in [7, 11) is 0. The van der Waals surface area contributed by atoms with Crippen LogP contribution in [0, 0.1) is 13.8 Å². The largest absolute Gasteiger partial charge is 0.373 e. The summed E-state index contributed by atoms with van der Waals surface area (Å²) in [6, 6.07) is 20.1. The molecule has 0 spiro atoms. The zero-order valence-electron chi connectivity index (χ0n) is 18.6. The summed E-state index contributed by atoms with van der Waals surface area (Å²) in [6.07, 6.45) is 0.328. The molecule has 31 heavy (non-hydrogen) atoms. The van der Waals surface area contributed by atoms with Gasteiger partial charge in [0.2, 0.25) is 0 Å². The van der Waals surface area contributed by atoms with Gasteiger partial charge in [-0.25, -0.2) is 0 Å². The molecule has 3 atom stereocenters. The van der Waals surface area contributed by atoms with Crippen LogP contribution in [0.2, 0.25) is 0 Å². The number of amides is 1. The van der Waals surface area contributed by atoms with Crippen LogP contribution in [-0.4, -0.2) is 36.1 Å². The quantitative estimate of drug-likeness (QED) is 0.550. The van der Waals surface area contributed by atoms with Crippen LogP contribution in [0.3, 0.4) is 0 Å². The molecule has 1 aliphatic heterocycles. The summed E-state index contributed by atoms with van der Waals surface area (Å²) < 4.78 is 6.02. The van der Waals surface area contributed by atoms with Crippen LogP contribution >= 0.6 is 11.3 Å². The topological polar surface area (TPSA) is 41.6 Å². The lowest BCUT2D eigenvalue weighted by Gasteiger charge is -2.41. The maximum Gasteiger partial charge on any atom is 0.256 e. The first kappa shape index (κ1) is 21.8. The fourth-order valence-electron chi connectivity index (χ4n) is 4.46. The molecule has 3 aromatic rings. The Kier molecular flexibility index (Phi) is 6.56. The van der Waals surface area contributed by atoms with Gasteiger partial charge in [-0.3, -0.25) is 9.69 Å². The van der Waals surface area contributed by atoms with E-state index in [1.807, 2.05) is 30.3 Å². The average molecular weight is 435 g/mol. The summed E-state index contributed by atoms with van der Waals surface area (Å²) in [5.41, 5.74) is 4.34. The maximum absolute atomic E-state index is 13.0. The number of carbonyl (C=O) groups is 1. The number of hydrogen-bond donors (Lipinski definition) is 1. The minimum atomic E-state index is -0.0707. The molecule has 0 unspecified atom stereocenters. The van der Waals surface area contributed by atoms with Gasteiger partial charge in [0.25, 0.3) is 5.91 Å². The second kappa shape index (κ2) is 9.35. The van der Waals surface area contributed by atoms with Crippen LogP contribution in [0.4, 0.5) is 5.00 Å². The average Bonchev–Trinajstić information content (AvgIpc) is 3.02. The Morgan fingerprint density at radius 1 is 1.00 bits per heavy atom. The molecule has 4 nitrogen and oxygen atoms in total. The molecule has 0 aliphatic carbocycles. The normalized spacial score (nSPS) is 20.4. The van der Waals surface area contributed by atoms with E-state index in [4.69, 9.17) is 4.74 Å². The molecule has 0 saturated carbocycles. The van der Waals surface area contributed by atoms with Crippen molar-refractivity contribution in [3.63, 3.8) is 0 Å². The van der Waals surface area contributed by atoms with E-state index in [1.165, 1.54) is 21.6 Å². The zero-order valence-corrected chi connectivity index (χ0v) is 19.4. The molecule has 1 fully saturated rings. The van der Waals surface area contributed by atoms with Crippen molar-refractivity contribution in [3.05, 3.63) is 87.8 Å². The minimum Gasteiger partial charge on any atom is -0.373 e. The third-order valence-electron chi connectivity index (χ3n) is 5.90.